The van der Waals surface area contributed by atoms with Crippen LogP contribution in [0.5, 0.6) is 0 Å². The predicted octanol–water partition coefficient (Wildman–Crippen LogP) is 3.01. The Bertz CT molecular complexity index is 757. The number of fused-ring (bicyclic) bond motifs is 1. The molecule has 4 heteroatoms. The Morgan fingerprint density at radius 1 is 1.21 bits per heavy atom. The fraction of sp³-hybridized carbons (Fsp3) is 0.0667. The average Bonchev–Trinajstić information content (AvgIpc) is 2.86. The van der Waals surface area contributed by atoms with E-state index in [0.717, 1.165) is 11.3 Å². The van der Waals surface area contributed by atoms with Crippen LogP contribution in [-0.4, -0.2) is 20.5 Å². The molecule has 2 heterocycles. The van der Waals surface area contributed by atoms with Crippen LogP contribution in [0.25, 0.3) is 16.9 Å². The van der Waals surface area contributed by atoms with Crippen LogP contribution in [0.1, 0.15) is 15.9 Å². The van der Waals surface area contributed by atoms with Crippen molar-refractivity contribution in [1.29, 1.82) is 0 Å². The van der Waals surface area contributed by atoms with Crippen LogP contribution < -0.4 is 0 Å². The first-order valence-electron chi connectivity index (χ1n) is 5.92. The quantitative estimate of drug-likeness (QED) is 0.762. The van der Waals surface area contributed by atoms with Crippen molar-refractivity contribution in [3.63, 3.8) is 0 Å². The van der Waals surface area contributed by atoms with E-state index in [9.17, 15) is 4.79 Å². The van der Waals surface area contributed by atoms with Gasteiger partial charge in [0.25, 0.3) is 0 Å². The van der Waals surface area contributed by atoms with E-state index in [1.165, 1.54) is 5.56 Å². The molecule has 0 atom stereocenters. The molecule has 0 saturated carbocycles. The van der Waals surface area contributed by atoms with Gasteiger partial charge in [0.1, 0.15) is 5.65 Å². The number of imidazole rings is 1. The molecule has 0 radical (unpaired) electrons. The maximum absolute atomic E-state index is 11.2. The van der Waals surface area contributed by atoms with Crippen molar-refractivity contribution in [2.75, 3.05) is 0 Å². The van der Waals surface area contributed by atoms with Crippen LogP contribution in [0.2, 0.25) is 0 Å². The Morgan fingerprint density at radius 3 is 2.63 bits per heavy atom. The second-order valence-electron chi connectivity index (χ2n) is 4.46. The molecule has 0 unspecified atom stereocenters. The highest BCUT2D eigenvalue weighted by molar-refractivity contribution is 5.90. The highest BCUT2D eigenvalue weighted by Gasteiger charge is 2.10. The summed E-state index contributed by atoms with van der Waals surface area (Å²) in [5, 5.41) is 9.16. The van der Waals surface area contributed by atoms with E-state index in [4.69, 9.17) is 5.11 Å². The first-order valence-corrected chi connectivity index (χ1v) is 5.92. The minimum absolute atomic E-state index is 0.245. The van der Waals surface area contributed by atoms with Crippen molar-refractivity contribution < 1.29 is 9.90 Å². The molecule has 2 aromatic heterocycles. The Hall–Kier alpha value is -2.62. The SMILES string of the molecule is Cc1ccc(-c2cc(C(=O)O)cc3nccn23)cc1. The molecule has 0 amide bonds. The summed E-state index contributed by atoms with van der Waals surface area (Å²) < 4.78 is 1.89. The van der Waals surface area contributed by atoms with E-state index in [2.05, 4.69) is 4.98 Å². The van der Waals surface area contributed by atoms with E-state index in [0.29, 0.717) is 5.65 Å². The molecule has 19 heavy (non-hydrogen) atoms. The van der Waals surface area contributed by atoms with Gasteiger partial charge in [-0.25, -0.2) is 9.78 Å². The normalized spacial score (nSPS) is 10.8. The number of aromatic nitrogens is 2. The van der Waals surface area contributed by atoms with Gasteiger partial charge in [-0.3, -0.25) is 4.40 Å². The van der Waals surface area contributed by atoms with Gasteiger partial charge in [0.05, 0.1) is 11.3 Å². The summed E-state index contributed by atoms with van der Waals surface area (Å²) in [5.41, 5.74) is 3.84. The lowest BCUT2D eigenvalue weighted by atomic mass is 10.1. The van der Waals surface area contributed by atoms with Crippen molar-refractivity contribution in [2.45, 2.75) is 6.92 Å². The first-order chi connectivity index (χ1) is 9.15. The van der Waals surface area contributed by atoms with E-state index in [-0.39, 0.29) is 5.56 Å². The number of hydrogen-bond donors (Lipinski definition) is 1. The monoisotopic (exact) mass is 252 g/mol. The zero-order valence-corrected chi connectivity index (χ0v) is 10.4. The van der Waals surface area contributed by atoms with Gasteiger partial charge in [-0.15, -0.1) is 0 Å². The summed E-state index contributed by atoms with van der Waals surface area (Å²) in [4.78, 5) is 15.3. The fourth-order valence-electron chi connectivity index (χ4n) is 2.09. The largest absolute Gasteiger partial charge is 0.478 e. The lowest BCUT2D eigenvalue weighted by molar-refractivity contribution is 0.0697. The molecule has 0 fully saturated rings. The van der Waals surface area contributed by atoms with Gasteiger partial charge in [-0.2, -0.15) is 0 Å². The standard InChI is InChI=1S/C15H12N2O2/c1-10-2-4-11(5-3-10)13-8-12(15(18)19)9-14-16-6-7-17(13)14/h2-9H,1H3,(H,18,19). The number of pyridine rings is 1. The highest BCUT2D eigenvalue weighted by atomic mass is 16.4. The summed E-state index contributed by atoms with van der Waals surface area (Å²) in [5.74, 6) is -0.945. The van der Waals surface area contributed by atoms with Gasteiger partial charge in [0, 0.05) is 12.4 Å². The number of carboxylic acids is 1. The maximum atomic E-state index is 11.2. The van der Waals surface area contributed by atoms with Crippen LogP contribution in [0.15, 0.2) is 48.8 Å². The van der Waals surface area contributed by atoms with Crippen LogP contribution in [-0.2, 0) is 0 Å². The minimum Gasteiger partial charge on any atom is -0.478 e. The third-order valence-electron chi connectivity index (χ3n) is 3.10. The molecule has 0 saturated heterocycles. The van der Waals surface area contributed by atoms with E-state index in [1.54, 1.807) is 18.3 Å². The number of nitrogens with zero attached hydrogens (tertiary/aromatic N) is 2. The predicted molar refractivity (Wildman–Crippen MR) is 72.3 cm³/mol. The van der Waals surface area contributed by atoms with Crippen molar-refractivity contribution >= 4 is 11.6 Å². The van der Waals surface area contributed by atoms with E-state index in [1.807, 2.05) is 41.8 Å². The molecule has 0 aliphatic heterocycles. The van der Waals surface area contributed by atoms with Crippen LogP contribution in [0.4, 0.5) is 0 Å². The number of hydrogen-bond acceptors (Lipinski definition) is 2. The summed E-state index contributed by atoms with van der Waals surface area (Å²) in [6.45, 7) is 2.02. The molecule has 0 bridgehead atoms. The van der Waals surface area contributed by atoms with Crippen LogP contribution in [0, 0.1) is 6.92 Å². The second-order valence-corrected chi connectivity index (χ2v) is 4.46. The van der Waals surface area contributed by atoms with Gasteiger partial charge in [-0.05, 0) is 24.6 Å². The van der Waals surface area contributed by atoms with Gasteiger partial charge in [-0.1, -0.05) is 29.8 Å². The molecule has 1 N–H and O–H groups in total. The molecule has 1 aromatic carbocycles. The smallest absolute Gasteiger partial charge is 0.335 e. The molecule has 3 rings (SSSR count). The molecule has 94 valence electrons. The minimum atomic E-state index is -0.945. The number of carbonyl (C=O) groups is 1. The Kier molecular flexibility index (Phi) is 2.56. The Morgan fingerprint density at radius 2 is 1.95 bits per heavy atom. The first kappa shape index (κ1) is 11.5. The third kappa shape index (κ3) is 1.97. The van der Waals surface area contributed by atoms with Crippen LogP contribution >= 0.6 is 0 Å². The summed E-state index contributed by atoms with van der Waals surface area (Å²) >= 11 is 0. The summed E-state index contributed by atoms with van der Waals surface area (Å²) in [6, 6.07) is 11.2. The number of carboxylic acid groups (broad SMARTS) is 1. The maximum Gasteiger partial charge on any atom is 0.335 e. The topological polar surface area (TPSA) is 54.6 Å². The molecule has 0 aliphatic rings. The lowest BCUT2D eigenvalue weighted by Crippen LogP contribution is -2.00. The van der Waals surface area contributed by atoms with E-state index >= 15 is 0 Å². The second kappa shape index (κ2) is 4.24. The summed E-state index contributed by atoms with van der Waals surface area (Å²) in [6.07, 6.45) is 3.49. The molecule has 0 spiro atoms. The van der Waals surface area contributed by atoms with E-state index < -0.39 is 5.97 Å². The van der Waals surface area contributed by atoms with Gasteiger partial charge >= 0.3 is 5.97 Å². The van der Waals surface area contributed by atoms with Crippen molar-refractivity contribution in [3.05, 3.63) is 59.9 Å². The molecule has 0 aliphatic carbocycles. The number of aromatic carboxylic acids is 1. The molecule has 4 nitrogen and oxygen atoms in total. The van der Waals surface area contributed by atoms with Crippen molar-refractivity contribution in [3.8, 4) is 11.3 Å². The molecular weight excluding hydrogens is 240 g/mol. The summed E-state index contributed by atoms with van der Waals surface area (Å²) in [7, 11) is 0. The van der Waals surface area contributed by atoms with Crippen molar-refractivity contribution in [2.24, 2.45) is 0 Å². The average molecular weight is 252 g/mol. The van der Waals surface area contributed by atoms with Crippen molar-refractivity contribution in [1.82, 2.24) is 9.38 Å². The molecule has 3 aromatic rings. The molecular formula is C15H12N2O2. The zero-order valence-electron chi connectivity index (χ0n) is 10.4. The van der Waals surface area contributed by atoms with Crippen LogP contribution in [0.3, 0.4) is 0 Å². The van der Waals surface area contributed by atoms with Gasteiger partial charge in [0.2, 0.25) is 0 Å². The number of aryl methyl sites for hydroxylation is 1. The Labute approximate surface area is 110 Å². The van der Waals surface area contributed by atoms with Gasteiger partial charge < -0.3 is 5.11 Å². The fourth-order valence-corrected chi connectivity index (χ4v) is 2.09. The Balaban J connectivity index is 2.29. The number of rotatable bonds is 2. The third-order valence-corrected chi connectivity index (χ3v) is 3.10. The number of benzene rings is 1. The van der Waals surface area contributed by atoms with Gasteiger partial charge in [0.15, 0.2) is 0 Å². The zero-order chi connectivity index (χ0) is 13.4. The lowest BCUT2D eigenvalue weighted by Gasteiger charge is -2.08. The highest BCUT2D eigenvalue weighted by Crippen LogP contribution is 2.23.